The molecule has 5 heteroatoms. The highest BCUT2D eigenvalue weighted by Crippen LogP contribution is 2.22. The molecule has 1 saturated heterocycles. The van der Waals surface area contributed by atoms with Crippen molar-refractivity contribution in [2.24, 2.45) is 5.92 Å². The quantitative estimate of drug-likeness (QED) is 0.716. The maximum atomic E-state index is 13.0. The van der Waals surface area contributed by atoms with E-state index in [4.69, 9.17) is 0 Å². The van der Waals surface area contributed by atoms with Gasteiger partial charge in [0.05, 0.1) is 6.54 Å². The van der Waals surface area contributed by atoms with Gasteiger partial charge in [-0.3, -0.25) is 9.59 Å². The van der Waals surface area contributed by atoms with E-state index in [2.05, 4.69) is 24.3 Å². The van der Waals surface area contributed by atoms with Gasteiger partial charge in [0.2, 0.25) is 11.8 Å². The SMILES string of the molecule is CC(=O)N(CCc1ccc(F)cc1)CC(=O)N1CCC(Cc2ccccc2)CC1. The van der Waals surface area contributed by atoms with Gasteiger partial charge in [0.25, 0.3) is 0 Å². The number of nitrogens with zero attached hydrogens (tertiary/aromatic N) is 2. The molecule has 29 heavy (non-hydrogen) atoms. The molecule has 154 valence electrons. The van der Waals surface area contributed by atoms with Gasteiger partial charge >= 0.3 is 0 Å². The molecule has 0 unspecified atom stereocenters. The summed E-state index contributed by atoms with van der Waals surface area (Å²) in [7, 11) is 0. The maximum absolute atomic E-state index is 13.0. The Hall–Kier alpha value is -2.69. The lowest BCUT2D eigenvalue weighted by Gasteiger charge is -2.33. The highest BCUT2D eigenvalue weighted by Gasteiger charge is 2.24. The molecule has 1 aliphatic rings. The predicted octanol–water partition coefficient (Wildman–Crippen LogP) is 3.70. The molecule has 0 aromatic heterocycles. The number of rotatable bonds is 7. The Kier molecular flexibility index (Phi) is 7.39. The van der Waals surface area contributed by atoms with Gasteiger partial charge in [-0.05, 0) is 54.9 Å². The highest BCUT2D eigenvalue weighted by atomic mass is 19.1. The van der Waals surface area contributed by atoms with E-state index >= 15 is 0 Å². The Morgan fingerprint density at radius 2 is 1.66 bits per heavy atom. The first kappa shape index (κ1) is 21.0. The van der Waals surface area contributed by atoms with Gasteiger partial charge in [0.1, 0.15) is 5.82 Å². The minimum atomic E-state index is -0.275. The zero-order valence-electron chi connectivity index (χ0n) is 17.0. The van der Waals surface area contributed by atoms with E-state index < -0.39 is 0 Å². The van der Waals surface area contributed by atoms with Crippen LogP contribution in [0.4, 0.5) is 4.39 Å². The van der Waals surface area contributed by atoms with Crippen LogP contribution in [0.3, 0.4) is 0 Å². The largest absolute Gasteiger partial charge is 0.341 e. The second kappa shape index (κ2) is 10.2. The van der Waals surface area contributed by atoms with Gasteiger partial charge in [-0.25, -0.2) is 4.39 Å². The number of piperidine rings is 1. The van der Waals surface area contributed by atoms with Crippen LogP contribution in [0.5, 0.6) is 0 Å². The number of benzene rings is 2. The van der Waals surface area contributed by atoms with Crippen molar-refractivity contribution in [2.75, 3.05) is 26.2 Å². The van der Waals surface area contributed by atoms with Crippen LogP contribution < -0.4 is 0 Å². The first-order chi connectivity index (χ1) is 14.0. The van der Waals surface area contributed by atoms with Crippen LogP contribution in [-0.4, -0.2) is 47.8 Å². The maximum Gasteiger partial charge on any atom is 0.242 e. The fourth-order valence-corrected chi connectivity index (χ4v) is 3.86. The summed E-state index contributed by atoms with van der Waals surface area (Å²) >= 11 is 0. The minimum absolute atomic E-state index is 0.0115. The third-order valence-corrected chi connectivity index (χ3v) is 5.69. The van der Waals surface area contributed by atoms with Crippen molar-refractivity contribution < 1.29 is 14.0 Å². The van der Waals surface area contributed by atoms with Crippen LogP contribution in [0, 0.1) is 11.7 Å². The number of hydrogen-bond donors (Lipinski definition) is 0. The van der Waals surface area contributed by atoms with E-state index in [1.165, 1.54) is 24.6 Å². The lowest BCUT2D eigenvalue weighted by Crippen LogP contribution is -2.46. The van der Waals surface area contributed by atoms with Crippen LogP contribution >= 0.6 is 0 Å². The second-order valence-corrected chi connectivity index (χ2v) is 7.83. The van der Waals surface area contributed by atoms with Crippen LogP contribution in [0.15, 0.2) is 54.6 Å². The Bertz CT molecular complexity index is 799. The van der Waals surface area contributed by atoms with Crippen molar-refractivity contribution in [1.82, 2.24) is 9.80 Å². The molecule has 4 nitrogen and oxygen atoms in total. The van der Waals surface area contributed by atoms with Gasteiger partial charge < -0.3 is 9.80 Å². The molecule has 0 saturated carbocycles. The zero-order valence-corrected chi connectivity index (χ0v) is 17.0. The van der Waals surface area contributed by atoms with Crippen molar-refractivity contribution in [2.45, 2.75) is 32.6 Å². The van der Waals surface area contributed by atoms with Crippen molar-refractivity contribution in [3.63, 3.8) is 0 Å². The number of hydrogen-bond acceptors (Lipinski definition) is 2. The average molecular weight is 397 g/mol. The molecule has 0 N–H and O–H groups in total. The van der Waals surface area contributed by atoms with Gasteiger partial charge in [0.15, 0.2) is 0 Å². The number of carbonyl (C=O) groups excluding carboxylic acids is 2. The number of likely N-dealkylation sites (tertiary alicyclic amines) is 1. The molecule has 2 aromatic carbocycles. The molecule has 0 bridgehead atoms. The summed E-state index contributed by atoms with van der Waals surface area (Å²) in [5.74, 6) is 0.226. The molecular weight excluding hydrogens is 367 g/mol. The van der Waals surface area contributed by atoms with Gasteiger partial charge in [-0.1, -0.05) is 42.5 Å². The first-order valence-corrected chi connectivity index (χ1v) is 10.3. The Labute approximate surface area is 172 Å². The van der Waals surface area contributed by atoms with Gasteiger partial charge in [0, 0.05) is 26.6 Å². The minimum Gasteiger partial charge on any atom is -0.341 e. The number of amides is 2. The first-order valence-electron chi connectivity index (χ1n) is 10.3. The molecule has 0 atom stereocenters. The van der Waals surface area contributed by atoms with Crippen molar-refractivity contribution >= 4 is 11.8 Å². The zero-order chi connectivity index (χ0) is 20.6. The van der Waals surface area contributed by atoms with E-state index in [-0.39, 0.29) is 24.2 Å². The van der Waals surface area contributed by atoms with Crippen LogP contribution in [0.1, 0.15) is 30.9 Å². The molecule has 0 aliphatic carbocycles. The molecule has 1 heterocycles. The third-order valence-electron chi connectivity index (χ3n) is 5.69. The molecular formula is C24H29FN2O2. The van der Waals surface area contributed by atoms with Crippen molar-refractivity contribution in [3.05, 3.63) is 71.5 Å². The molecule has 1 aliphatic heterocycles. The third kappa shape index (κ3) is 6.41. The average Bonchev–Trinajstić information content (AvgIpc) is 2.73. The van der Waals surface area contributed by atoms with E-state index in [9.17, 15) is 14.0 Å². The molecule has 1 fully saturated rings. The lowest BCUT2D eigenvalue weighted by molar-refractivity contribution is -0.140. The van der Waals surface area contributed by atoms with E-state index in [1.54, 1.807) is 17.0 Å². The summed E-state index contributed by atoms with van der Waals surface area (Å²) in [5.41, 5.74) is 2.30. The normalized spacial score (nSPS) is 14.6. The monoisotopic (exact) mass is 396 g/mol. The summed E-state index contributed by atoms with van der Waals surface area (Å²) in [6.45, 7) is 3.56. The fraction of sp³-hybridized carbons (Fsp3) is 0.417. The number of carbonyl (C=O) groups is 2. The predicted molar refractivity (Wildman–Crippen MR) is 112 cm³/mol. The highest BCUT2D eigenvalue weighted by molar-refractivity contribution is 5.83. The summed E-state index contributed by atoms with van der Waals surface area (Å²) in [6, 6.07) is 16.7. The number of halogens is 1. The van der Waals surface area contributed by atoms with Gasteiger partial charge in [-0.2, -0.15) is 0 Å². The summed E-state index contributed by atoms with van der Waals surface area (Å²) in [5, 5.41) is 0. The van der Waals surface area contributed by atoms with Crippen molar-refractivity contribution in [3.8, 4) is 0 Å². The Morgan fingerprint density at radius 3 is 2.28 bits per heavy atom. The van der Waals surface area contributed by atoms with Gasteiger partial charge in [-0.15, -0.1) is 0 Å². The summed E-state index contributed by atoms with van der Waals surface area (Å²) < 4.78 is 13.0. The van der Waals surface area contributed by atoms with Crippen molar-refractivity contribution in [1.29, 1.82) is 0 Å². The van der Waals surface area contributed by atoms with Crippen LogP contribution in [0.2, 0.25) is 0 Å². The van der Waals surface area contributed by atoms with E-state index in [0.717, 1.165) is 37.9 Å². The lowest BCUT2D eigenvalue weighted by atomic mass is 9.90. The molecule has 2 aromatic rings. The molecule has 2 amide bonds. The fourth-order valence-electron chi connectivity index (χ4n) is 3.86. The molecule has 0 radical (unpaired) electrons. The Morgan fingerprint density at radius 1 is 1.00 bits per heavy atom. The van der Waals surface area contributed by atoms with Crippen LogP contribution in [-0.2, 0) is 22.4 Å². The second-order valence-electron chi connectivity index (χ2n) is 7.83. The van der Waals surface area contributed by atoms with E-state index in [1.807, 2.05) is 11.0 Å². The standard InChI is InChI=1S/C24H29FN2O2/c1-19(28)27(16-11-20-7-9-23(25)10-8-20)18-24(29)26-14-12-22(13-15-26)17-21-5-3-2-4-6-21/h2-10,22H,11-18H2,1H3. The smallest absolute Gasteiger partial charge is 0.242 e. The van der Waals surface area contributed by atoms with Crippen LogP contribution in [0.25, 0.3) is 0 Å². The molecule has 0 spiro atoms. The topological polar surface area (TPSA) is 40.6 Å². The summed E-state index contributed by atoms with van der Waals surface area (Å²) in [6.07, 6.45) is 3.65. The Balaban J connectivity index is 1.46. The summed E-state index contributed by atoms with van der Waals surface area (Å²) in [4.78, 5) is 28.2. The van der Waals surface area contributed by atoms with E-state index in [0.29, 0.717) is 18.9 Å². The molecule has 3 rings (SSSR count).